The summed E-state index contributed by atoms with van der Waals surface area (Å²) in [5.74, 6) is -1.62. The van der Waals surface area contributed by atoms with Gasteiger partial charge in [0.1, 0.15) is 6.54 Å². The van der Waals surface area contributed by atoms with Crippen molar-refractivity contribution in [1.29, 1.82) is 0 Å². The normalized spacial score (nSPS) is 18.1. The van der Waals surface area contributed by atoms with E-state index in [1.807, 2.05) is 6.07 Å². The van der Waals surface area contributed by atoms with Gasteiger partial charge in [0.25, 0.3) is 0 Å². The van der Waals surface area contributed by atoms with Crippen molar-refractivity contribution >= 4 is 17.6 Å². The third-order valence-corrected chi connectivity index (χ3v) is 6.75. The van der Waals surface area contributed by atoms with Gasteiger partial charge in [-0.15, -0.1) is 0 Å². The minimum atomic E-state index is -2.49. The molecule has 1 aliphatic heterocycles. The second-order valence-electron chi connectivity index (χ2n) is 8.74. The van der Waals surface area contributed by atoms with Gasteiger partial charge < -0.3 is 14.5 Å². The molecule has 1 unspecified atom stereocenters. The highest BCUT2D eigenvalue weighted by Crippen LogP contribution is 2.33. The zero-order valence-electron chi connectivity index (χ0n) is 19.3. The molecule has 0 bridgehead atoms. The lowest BCUT2D eigenvalue weighted by molar-refractivity contribution is -0.132. The number of halogens is 2. The molecular weight excluding hydrogens is 430 g/mol. The van der Waals surface area contributed by atoms with Crippen LogP contribution < -0.4 is 4.90 Å². The van der Waals surface area contributed by atoms with E-state index in [4.69, 9.17) is 4.74 Å². The van der Waals surface area contributed by atoms with Gasteiger partial charge in [-0.1, -0.05) is 12.1 Å². The summed E-state index contributed by atoms with van der Waals surface area (Å²) in [7, 11) is 0. The molecule has 1 fully saturated rings. The standard InChI is InChI=1S/C24H30F2N4O3/c1-4-33-24(32)22-18-12-17(23(25)26)13-20(18)30(27-22)14-21(31)29-10-8-28(9-11-29)19-7-5-6-15(2)16(19)3/h5-7,17,23H,4,8-14H2,1-3H3. The number of alkyl halides is 2. The fourth-order valence-electron chi connectivity index (χ4n) is 4.74. The van der Waals surface area contributed by atoms with Gasteiger partial charge in [0, 0.05) is 49.0 Å². The van der Waals surface area contributed by atoms with Crippen LogP contribution in [0.2, 0.25) is 0 Å². The molecule has 178 valence electrons. The number of piperazine rings is 1. The van der Waals surface area contributed by atoms with Crippen LogP contribution in [0.3, 0.4) is 0 Å². The molecule has 1 aromatic heterocycles. The molecule has 2 aliphatic rings. The number of aromatic nitrogens is 2. The fourth-order valence-corrected chi connectivity index (χ4v) is 4.74. The predicted molar refractivity (Wildman–Crippen MR) is 120 cm³/mol. The average molecular weight is 461 g/mol. The van der Waals surface area contributed by atoms with Crippen LogP contribution in [0, 0.1) is 19.8 Å². The molecule has 7 nitrogen and oxygen atoms in total. The number of rotatable bonds is 6. The lowest BCUT2D eigenvalue weighted by Gasteiger charge is -2.37. The van der Waals surface area contributed by atoms with Crippen LogP contribution in [0.5, 0.6) is 0 Å². The fraction of sp³-hybridized carbons (Fsp3) is 0.542. The third kappa shape index (κ3) is 4.58. The number of hydrogen-bond acceptors (Lipinski definition) is 5. The van der Waals surface area contributed by atoms with Crippen molar-refractivity contribution in [2.45, 2.75) is 46.6 Å². The summed E-state index contributed by atoms with van der Waals surface area (Å²) in [6.45, 7) is 8.55. The van der Waals surface area contributed by atoms with Crippen molar-refractivity contribution in [3.05, 3.63) is 46.3 Å². The number of anilines is 1. The first-order valence-corrected chi connectivity index (χ1v) is 11.4. The molecule has 1 saturated heterocycles. The SMILES string of the molecule is CCOC(=O)c1nn(CC(=O)N2CCN(c3cccc(C)c3C)CC2)c2c1CC(C(F)F)C2. The Hall–Kier alpha value is -2.97. The molecule has 4 rings (SSSR count). The highest BCUT2D eigenvalue weighted by atomic mass is 19.3. The van der Waals surface area contributed by atoms with Gasteiger partial charge in [-0.2, -0.15) is 5.10 Å². The molecule has 33 heavy (non-hydrogen) atoms. The molecule has 1 amide bonds. The van der Waals surface area contributed by atoms with E-state index in [9.17, 15) is 18.4 Å². The van der Waals surface area contributed by atoms with Crippen LogP contribution in [0.15, 0.2) is 18.2 Å². The Kier molecular flexibility index (Phi) is 6.67. The zero-order chi connectivity index (χ0) is 23.7. The maximum absolute atomic E-state index is 13.4. The Labute approximate surface area is 192 Å². The van der Waals surface area contributed by atoms with Crippen LogP contribution in [0.1, 0.15) is 39.8 Å². The van der Waals surface area contributed by atoms with Crippen LogP contribution in [0.4, 0.5) is 14.5 Å². The van der Waals surface area contributed by atoms with Crippen molar-refractivity contribution < 1.29 is 23.1 Å². The monoisotopic (exact) mass is 460 g/mol. The largest absolute Gasteiger partial charge is 0.461 e. The minimum Gasteiger partial charge on any atom is -0.461 e. The highest BCUT2D eigenvalue weighted by molar-refractivity contribution is 5.89. The molecule has 1 atom stereocenters. The van der Waals surface area contributed by atoms with Crippen LogP contribution in [-0.4, -0.2) is 65.8 Å². The lowest BCUT2D eigenvalue weighted by Crippen LogP contribution is -2.50. The number of aryl methyl sites for hydroxylation is 1. The number of benzene rings is 1. The third-order valence-electron chi connectivity index (χ3n) is 6.75. The number of esters is 1. The number of amides is 1. The molecule has 2 heterocycles. The first-order valence-electron chi connectivity index (χ1n) is 11.4. The van der Waals surface area contributed by atoms with Crippen molar-refractivity contribution in [2.75, 3.05) is 37.7 Å². The van der Waals surface area contributed by atoms with Gasteiger partial charge in [0.2, 0.25) is 12.3 Å². The topological polar surface area (TPSA) is 67.7 Å². The molecular formula is C24H30F2N4O3. The van der Waals surface area contributed by atoms with Gasteiger partial charge in [-0.3, -0.25) is 9.48 Å². The molecule has 1 aliphatic carbocycles. The molecule has 0 saturated carbocycles. The Balaban J connectivity index is 1.45. The van der Waals surface area contributed by atoms with Gasteiger partial charge in [-0.25, -0.2) is 13.6 Å². The number of hydrogen-bond donors (Lipinski definition) is 0. The second-order valence-corrected chi connectivity index (χ2v) is 8.74. The van der Waals surface area contributed by atoms with E-state index in [2.05, 4.69) is 36.0 Å². The average Bonchev–Trinajstić information content (AvgIpc) is 3.37. The van der Waals surface area contributed by atoms with Gasteiger partial charge >= 0.3 is 5.97 Å². The van der Waals surface area contributed by atoms with Crippen molar-refractivity contribution in [3.63, 3.8) is 0 Å². The number of carbonyl (C=O) groups excluding carboxylic acids is 2. The molecule has 0 spiro atoms. The molecule has 0 radical (unpaired) electrons. The summed E-state index contributed by atoms with van der Waals surface area (Å²) in [5.41, 5.74) is 4.76. The summed E-state index contributed by atoms with van der Waals surface area (Å²) >= 11 is 0. The van der Waals surface area contributed by atoms with Crippen LogP contribution in [0.25, 0.3) is 0 Å². The van der Waals surface area contributed by atoms with E-state index < -0.39 is 18.3 Å². The number of ether oxygens (including phenoxy) is 1. The van der Waals surface area contributed by atoms with E-state index in [0.29, 0.717) is 24.3 Å². The summed E-state index contributed by atoms with van der Waals surface area (Å²) < 4.78 is 33.2. The summed E-state index contributed by atoms with van der Waals surface area (Å²) in [5, 5.41) is 4.30. The number of carbonyl (C=O) groups is 2. The summed E-state index contributed by atoms with van der Waals surface area (Å²) in [6.07, 6.45) is -2.31. The Morgan fingerprint density at radius 2 is 1.88 bits per heavy atom. The molecule has 2 aromatic rings. The van der Waals surface area contributed by atoms with E-state index in [1.165, 1.54) is 21.5 Å². The minimum absolute atomic E-state index is 0.0579. The molecule has 9 heteroatoms. The Morgan fingerprint density at radius 3 is 2.55 bits per heavy atom. The van der Waals surface area contributed by atoms with Gasteiger partial charge in [0.05, 0.1) is 6.61 Å². The van der Waals surface area contributed by atoms with Crippen molar-refractivity contribution in [1.82, 2.24) is 14.7 Å². The zero-order valence-corrected chi connectivity index (χ0v) is 19.3. The Morgan fingerprint density at radius 1 is 1.15 bits per heavy atom. The molecule has 0 N–H and O–H groups in total. The van der Waals surface area contributed by atoms with Crippen molar-refractivity contribution in [3.8, 4) is 0 Å². The quantitative estimate of drug-likeness (QED) is 0.620. The van der Waals surface area contributed by atoms with E-state index in [1.54, 1.807) is 11.8 Å². The van der Waals surface area contributed by atoms with Gasteiger partial charge in [-0.05, 0) is 50.8 Å². The smallest absolute Gasteiger partial charge is 0.359 e. The summed E-state index contributed by atoms with van der Waals surface area (Å²) in [4.78, 5) is 29.4. The van der Waals surface area contributed by atoms with E-state index in [-0.39, 0.29) is 37.6 Å². The predicted octanol–water partition coefficient (Wildman–Crippen LogP) is 3.01. The van der Waals surface area contributed by atoms with E-state index >= 15 is 0 Å². The lowest BCUT2D eigenvalue weighted by atomic mass is 10.1. The first kappa shape index (κ1) is 23.2. The Bertz CT molecular complexity index is 1040. The van der Waals surface area contributed by atoms with E-state index in [0.717, 1.165) is 13.1 Å². The van der Waals surface area contributed by atoms with Gasteiger partial charge in [0.15, 0.2) is 5.69 Å². The van der Waals surface area contributed by atoms with Crippen LogP contribution in [-0.2, 0) is 28.9 Å². The number of fused-ring (bicyclic) bond motifs is 1. The second kappa shape index (κ2) is 9.49. The number of nitrogens with zero attached hydrogens (tertiary/aromatic N) is 4. The van der Waals surface area contributed by atoms with Crippen LogP contribution >= 0.6 is 0 Å². The maximum Gasteiger partial charge on any atom is 0.359 e. The maximum atomic E-state index is 13.4. The van der Waals surface area contributed by atoms with Crippen molar-refractivity contribution in [2.24, 2.45) is 5.92 Å². The highest BCUT2D eigenvalue weighted by Gasteiger charge is 2.37. The molecule has 1 aromatic carbocycles. The first-order chi connectivity index (χ1) is 15.8. The summed E-state index contributed by atoms with van der Waals surface area (Å²) in [6, 6.07) is 6.23.